The molecule has 2 N–H and O–H groups in total. The molecule has 0 aromatic carbocycles. The predicted octanol–water partition coefficient (Wildman–Crippen LogP) is 3.45. The molecule has 0 amide bonds. The highest BCUT2D eigenvalue weighted by atomic mass is 31.3. The molecule has 0 aromatic rings. The average molecular weight is 374 g/mol. The van der Waals surface area contributed by atoms with E-state index in [1.54, 1.807) is 0 Å². The van der Waals surface area contributed by atoms with Gasteiger partial charge in [0.2, 0.25) is 0 Å². The van der Waals surface area contributed by atoms with Crippen LogP contribution in [-0.4, -0.2) is 21.7 Å². The minimum absolute atomic E-state index is 0.131. The summed E-state index contributed by atoms with van der Waals surface area (Å²) in [5.41, 5.74) is 0. The number of phosphoric acid groups is 2. The Morgan fingerprint density at radius 2 is 1.13 bits per heavy atom. The van der Waals surface area contributed by atoms with Crippen LogP contribution in [0.1, 0.15) is 65.2 Å². The first-order valence-corrected chi connectivity index (χ1v) is 10.4. The molecule has 0 radical (unpaired) electrons. The zero-order chi connectivity index (χ0) is 17.9. The minimum Gasteiger partial charge on any atom is -0.370 e. The molecule has 0 fully saturated rings. The van der Waals surface area contributed by atoms with Crippen LogP contribution in [0.15, 0.2) is 0 Å². The zero-order valence-electron chi connectivity index (χ0n) is 13.3. The predicted molar refractivity (Wildman–Crippen MR) is 81.2 cm³/mol. The van der Waals surface area contributed by atoms with E-state index in [1.165, 1.54) is 0 Å². The summed E-state index contributed by atoms with van der Waals surface area (Å²) < 4.78 is 35.1. The highest BCUT2D eigenvalue weighted by Crippen LogP contribution is 2.60. The molecular formula is C12H24O9P2. The van der Waals surface area contributed by atoms with Gasteiger partial charge in [-0.2, -0.15) is 4.31 Å². The number of carbonyl (C=O) groups excluding carboxylic acids is 2. The van der Waals surface area contributed by atoms with Gasteiger partial charge in [-0.1, -0.05) is 39.5 Å². The Hall–Kier alpha value is -0.720. The molecule has 23 heavy (non-hydrogen) atoms. The van der Waals surface area contributed by atoms with E-state index in [0.717, 1.165) is 25.7 Å². The first-order chi connectivity index (χ1) is 10.6. The van der Waals surface area contributed by atoms with Crippen molar-refractivity contribution < 1.29 is 41.9 Å². The Kier molecular flexibility index (Phi) is 10.6. The van der Waals surface area contributed by atoms with Crippen LogP contribution in [0.4, 0.5) is 0 Å². The number of rotatable bonds is 12. The molecule has 0 aliphatic heterocycles. The first-order valence-electron chi connectivity index (χ1n) is 7.43. The zero-order valence-corrected chi connectivity index (χ0v) is 15.1. The Balaban J connectivity index is 4.38. The quantitative estimate of drug-likeness (QED) is 0.388. The molecule has 2 atom stereocenters. The van der Waals surface area contributed by atoms with Crippen molar-refractivity contribution in [2.75, 3.05) is 0 Å². The number of hydrogen-bond acceptors (Lipinski definition) is 7. The standard InChI is InChI=1S/C12H24O9P2/c1-3-5-7-9-11(13)19-22(15,16)21-23(17,18)20-12(14)10-8-6-4-2/h3-10H2,1-2H3,(H,15,16)(H,17,18). The molecule has 0 spiro atoms. The fraction of sp³-hybridized carbons (Fsp3) is 0.833. The maximum Gasteiger partial charge on any atom is 0.539 e. The van der Waals surface area contributed by atoms with Crippen LogP contribution in [0, 0.1) is 0 Å². The molecule has 9 nitrogen and oxygen atoms in total. The minimum atomic E-state index is -5.15. The van der Waals surface area contributed by atoms with Crippen molar-refractivity contribution in [1.29, 1.82) is 0 Å². The molecule has 136 valence electrons. The normalized spacial score (nSPS) is 16.2. The summed E-state index contributed by atoms with van der Waals surface area (Å²) in [6.07, 6.45) is 3.74. The van der Waals surface area contributed by atoms with Gasteiger partial charge in [-0.15, -0.1) is 0 Å². The molecule has 0 aliphatic rings. The fourth-order valence-corrected chi connectivity index (χ4v) is 3.56. The Bertz CT molecular complexity index is 435. The third kappa shape index (κ3) is 12.4. The van der Waals surface area contributed by atoms with Crippen molar-refractivity contribution in [3.63, 3.8) is 0 Å². The highest BCUT2D eigenvalue weighted by molar-refractivity contribution is 7.61. The van der Waals surface area contributed by atoms with Crippen LogP contribution in [0.25, 0.3) is 0 Å². The van der Waals surface area contributed by atoms with Gasteiger partial charge in [0, 0.05) is 12.8 Å². The third-order valence-corrected chi connectivity index (χ3v) is 5.13. The Morgan fingerprint density at radius 1 is 0.783 bits per heavy atom. The van der Waals surface area contributed by atoms with Crippen LogP contribution in [-0.2, 0) is 32.1 Å². The average Bonchev–Trinajstić information content (AvgIpc) is 2.36. The van der Waals surface area contributed by atoms with Gasteiger partial charge in [0.1, 0.15) is 0 Å². The lowest BCUT2D eigenvalue weighted by Crippen LogP contribution is -2.07. The second-order valence-corrected chi connectivity index (χ2v) is 7.75. The van der Waals surface area contributed by atoms with Crippen molar-refractivity contribution in [3.8, 4) is 0 Å². The third-order valence-electron chi connectivity index (χ3n) is 2.61. The van der Waals surface area contributed by atoms with E-state index in [-0.39, 0.29) is 12.8 Å². The molecule has 2 unspecified atom stereocenters. The maximum atomic E-state index is 11.5. The van der Waals surface area contributed by atoms with Gasteiger partial charge >= 0.3 is 27.6 Å². The molecule has 0 saturated heterocycles. The van der Waals surface area contributed by atoms with E-state index in [0.29, 0.717) is 12.8 Å². The summed E-state index contributed by atoms with van der Waals surface area (Å²) in [5.74, 6) is -2.09. The summed E-state index contributed by atoms with van der Waals surface area (Å²) in [6.45, 7) is 3.81. The van der Waals surface area contributed by atoms with Gasteiger partial charge in [0.05, 0.1) is 0 Å². The maximum absolute atomic E-state index is 11.5. The first kappa shape index (κ1) is 22.3. The van der Waals surface area contributed by atoms with E-state index in [9.17, 15) is 28.5 Å². The lowest BCUT2D eigenvalue weighted by Gasteiger charge is -2.15. The SMILES string of the molecule is CCCCCC(=O)OP(=O)(O)OP(=O)(O)OC(=O)CCCCC. The van der Waals surface area contributed by atoms with Crippen molar-refractivity contribution in [3.05, 3.63) is 0 Å². The molecule has 0 saturated carbocycles. The van der Waals surface area contributed by atoms with Crippen LogP contribution in [0.3, 0.4) is 0 Å². The highest BCUT2D eigenvalue weighted by Gasteiger charge is 2.40. The largest absolute Gasteiger partial charge is 0.539 e. The van der Waals surface area contributed by atoms with Gasteiger partial charge in [-0.3, -0.25) is 19.4 Å². The molecular weight excluding hydrogens is 350 g/mol. The second-order valence-electron chi connectivity index (χ2n) is 4.86. The smallest absolute Gasteiger partial charge is 0.370 e. The van der Waals surface area contributed by atoms with Crippen LogP contribution in [0.5, 0.6) is 0 Å². The fourth-order valence-electron chi connectivity index (χ4n) is 1.55. The summed E-state index contributed by atoms with van der Waals surface area (Å²) in [5, 5.41) is 0. The summed E-state index contributed by atoms with van der Waals surface area (Å²) in [4.78, 5) is 41.1. The van der Waals surface area contributed by atoms with Gasteiger partial charge < -0.3 is 9.05 Å². The Labute approximate surface area is 135 Å². The van der Waals surface area contributed by atoms with E-state index >= 15 is 0 Å². The van der Waals surface area contributed by atoms with Crippen LogP contribution < -0.4 is 0 Å². The molecule has 0 aromatic heterocycles. The van der Waals surface area contributed by atoms with Gasteiger partial charge in [-0.05, 0) is 12.8 Å². The van der Waals surface area contributed by atoms with Crippen molar-refractivity contribution in [2.24, 2.45) is 0 Å². The van der Waals surface area contributed by atoms with Gasteiger partial charge in [0.15, 0.2) is 0 Å². The van der Waals surface area contributed by atoms with Crippen molar-refractivity contribution >= 4 is 27.6 Å². The van der Waals surface area contributed by atoms with Crippen molar-refractivity contribution in [1.82, 2.24) is 0 Å². The molecule has 11 heteroatoms. The number of carbonyl (C=O) groups is 2. The van der Waals surface area contributed by atoms with E-state index < -0.39 is 27.6 Å². The summed E-state index contributed by atoms with van der Waals surface area (Å²) in [6, 6.07) is 0. The van der Waals surface area contributed by atoms with Gasteiger partial charge in [0.25, 0.3) is 0 Å². The summed E-state index contributed by atoms with van der Waals surface area (Å²) >= 11 is 0. The molecule has 0 aliphatic carbocycles. The van der Waals surface area contributed by atoms with Crippen LogP contribution >= 0.6 is 15.6 Å². The van der Waals surface area contributed by atoms with Crippen molar-refractivity contribution in [2.45, 2.75) is 65.2 Å². The number of unbranched alkanes of at least 4 members (excludes halogenated alkanes) is 4. The lowest BCUT2D eigenvalue weighted by atomic mass is 10.2. The van der Waals surface area contributed by atoms with Gasteiger partial charge in [-0.25, -0.2) is 9.13 Å². The lowest BCUT2D eigenvalue weighted by molar-refractivity contribution is -0.135. The Morgan fingerprint density at radius 3 is 1.43 bits per heavy atom. The van der Waals surface area contributed by atoms with E-state index in [2.05, 4.69) is 13.4 Å². The van der Waals surface area contributed by atoms with E-state index in [4.69, 9.17) is 0 Å². The molecule has 0 bridgehead atoms. The molecule has 0 heterocycles. The molecule has 0 rings (SSSR count). The number of phosphoric ester groups is 2. The van der Waals surface area contributed by atoms with E-state index in [1.807, 2.05) is 13.8 Å². The monoisotopic (exact) mass is 374 g/mol. The topological polar surface area (TPSA) is 136 Å². The summed E-state index contributed by atoms with van der Waals surface area (Å²) in [7, 11) is -10.3. The number of hydrogen-bond donors (Lipinski definition) is 2. The second kappa shape index (κ2) is 10.9. The van der Waals surface area contributed by atoms with Crippen LogP contribution in [0.2, 0.25) is 0 Å².